The summed E-state index contributed by atoms with van der Waals surface area (Å²) in [6, 6.07) is 17.9. The first-order valence-electron chi connectivity index (χ1n) is 7.06. The molecule has 0 amide bonds. The van der Waals surface area contributed by atoms with Crippen LogP contribution in [0.4, 0.5) is 0 Å². The highest BCUT2D eigenvalue weighted by Gasteiger charge is 2.10. The van der Waals surface area contributed by atoms with Crippen molar-refractivity contribution in [3.63, 3.8) is 0 Å². The van der Waals surface area contributed by atoms with Crippen molar-refractivity contribution in [1.29, 1.82) is 0 Å². The van der Waals surface area contributed by atoms with E-state index < -0.39 is 0 Å². The van der Waals surface area contributed by atoms with Crippen molar-refractivity contribution >= 4 is 0 Å². The smallest absolute Gasteiger partial charge is 0.0273 e. The largest absolute Gasteiger partial charge is 0.0622 e. The maximum absolute atomic E-state index is 2.44. The summed E-state index contributed by atoms with van der Waals surface area (Å²) in [4.78, 5) is 0. The fourth-order valence-electron chi connectivity index (χ4n) is 2.92. The van der Waals surface area contributed by atoms with E-state index in [0.29, 0.717) is 0 Å². The molecule has 0 radical (unpaired) electrons. The Bertz CT molecular complexity index is 511. The van der Waals surface area contributed by atoms with Gasteiger partial charge in [0.05, 0.1) is 0 Å². The van der Waals surface area contributed by atoms with Crippen LogP contribution in [0, 0.1) is 0 Å². The summed E-state index contributed by atoms with van der Waals surface area (Å²) in [5.74, 6) is 0. The van der Waals surface area contributed by atoms with Gasteiger partial charge in [0.2, 0.25) is 0 Å². The Hall–Kier alpha value is -1.56. The first-order chi connectivity index (χ1) is 8.92. The van der Waals surface area contributed by atoms with Gasteiger partial charge in [-0.25, -0.2) is 0 Å². The van der Waals surface area contributed by atoms with E-state index in [1.54, 1.807) is 11.1 Å². The van der Waals surface area contributed by atoms with E-state index in [4.69, 9.17) is 0 Å². The highest BCUT2D eigenvalue weighted by atomic mass is 14.2. The molecule has 0 bridgehead atoms. The number of hydrogen-bond acceptors (Lipinski definition) is 0. The zero-order chi connectivity index (χ0) is 12.2. The molecule has 0 heterocycles. The molecule has 0 heteroatoms. The SMILES string of the molecule is c1ccc(CCCc2ccc3c(c2)CCC3)cc1. The topological polar surface area (TPSA) is 0 Å². The molecule has 0 nitrogen and oxygen atoms in total. The molecule has 1 aliphatic rings. The van der Waals surface area contributed by atoms with Gasteiger partial charge in [0.15, 0.2) is 0 Å². The predicted molar refractivity (Wildman–Crippen MR) is 76.9 cm³/mol. The Morgan fingerprint density at radius 3 is 2.39 bits per heavy atom. The summed E-state index contributed by atoms with van der Waals surface area (Å²) in [6.07, 6.45) is 7.59. The summed E-state index contributed by atoms with van der Waals surface area (Å²) in [7, 11) is 0. The Kier molecular flexibility index (Phi) is 3.45. The molecule has 0 spiro atoms. The van der Waals surface area contributed by atoms with Crippen LogP contribution in [0.3, 0.4) is 0 Å². The van der Waals surface area contributed by atoms with E-state index in [2.05, 4.69) is 48.5 Å². The lowest BCUT2D eigenvalue weighted by atomic mass is 10.0. The van der Waals surface area contributed by atoms with E-state index in [9.17, 15) is 0 Å². The predicted octanol–water partition coefficient (Wildman–Crippen LogP) is 4.35. The Morgan fingerprint density at radius 2 is 1.50 bits per heavy atom. The summed E-state index contributed by atoms with van der Waals surface area (Å²) >= 11 is 0. The lowest BCUT2D eigenvalue weighted by molar-refractivity contribution is 0.819. The number of hydrogen-bond donors (Lipinski definition) is 0. The van der Waals surface area contributed by atoms with Crippen molar-refractivity contribution < 1.29 is 0 Å². The molecule has 0 saturated carbocycles. The second kappa shape index (κ2) is 5.39. The highest BCUT2D eigenvalue weighted by molar-refractivity contribution is 5.35. The quantitative estimate of drug-likeness (QED) is 0.740. The molecule has 0 aliphatic heterocycles. The van der Waals surface area contributed by atoms with E-state index >= 15 is 0 Å². The van der Waals surface area contributed by atoms with Crippen molar-refractivity contribution in [3.05, 3.63) is 70.8 Å². The van der Waals surface area contributed by atoms with Gasteiger partial charge in [-0.2, -0.15) is 0 Å². The fraction of sp³-hybridized carbons (Fsp3) is 0.333. The minimum Gasteiger partial charge on any atom is -0.0622 e. The third kappa shape index (κ3) is 2.64. The van der Waals surface area contributed by atoms with E-state index in [-0.39, 0.29) is 0 Å². The number of benzene rings is 2. The lowest BCUT2D eigenvalue weighted by Gasteiger charge is -2.05. The summed E-state index contributed by atoms with van der Waals surface area (Å²) in [5.41, 5.74) is 6.17. The average molecular weight is 236 g/mol. The Morgan fingerprint density at radius 1 is 0.722 bits per heavy atom. The monoisotopic (exact) mass is 236 g/mol. The van der Waals surface area contributed by atoms with Gasteiger partial charge in [-0.1, -0.05) is 48.5 Å². The van der Waals surface area contributed by atoms with Gasteiger partial charge in [-0.05, 0) is 60.8 Å². The van der Waals surface area contributed by atoms with Crippen LogP contribution in [-0.2, 0) is 25.7 Å². The summed E-state index contributed by atoms with van der Waals surface area (Å²) < 4.78 is 0. The molecule has 18 heavy (non-hydrogen) atoms. The van der Waals surface area contributed by atoms with Crippen molar-refractivity contribution in [2.45, 2.75) is 38.5 Å². The molecule has 0 N–H and O–H groups in total. The van der Waals surface area contributed by atoms with Crippen LogP contribution in [0.25, 0.3) is 0 Å². The van der Waals surface area contributed by atoms with Crippen LogP contribution in [0.15, 0.2) is 48.5 Å². The van der Waals surface area contributed by atoms with Gasteiger partial charge in [0.1, 0.15) is 0 Å². The van der Waals surface area contributed by atoms with Gasteiger partial charge < -0.3 is 0 Å². The Balaban J connectivity index is 1.57. The maximum atomic E-state index is 2.44. The molecule has 92 valence electrons. The normalized spacial score (nSPS) is 13.6. The third-order valence-electron chi connectivity index (χ3n) is 3.94. The van der Waals surface area contributed by atoms with Gasteiger partial charge >= 0.3 is 0 Å². The van der Waals surface area contributed by atoms with Gasteiger partial charge in [-0.3, -0.25) is 0 Å². The zero-order valence-electron chi connectivity index (χ0n) is 10.9. The first-order valence-corrected chi connectivity index (χ1v) is 7.06. The van der Waals surface area contributed by atoms with Crippen molar-refractivity contribution in [1.82, 2.24) is 0 Å². The van der Waals surface area contributed by atoms with Crippen molar-refractivity contribution in [3.8, 4) is 0 Å². The minimum absolute atomic E-state index is 1.19. The minimum atomic E-state index is 1.19. The molecule has 0 saturated heterocycles. The lowest BCUT2D eigenvalue weighted by Crippen LogP contribution is -1.92. The van der Waals surface area contributed by atoms with Crippen LogP contribution >= 0.6 is 0 Å². The van der Waals surface area contributed by atoms with Crippen molar-refractivity contribution in [2.24, 2.45) is 0 Å². The number of rotatable bonds is 4. The molecule has 1 aliphatic carbocycles. The van der Waals surface area contributed by atoms with Crippen molar-refractivity contribution in [2.75, 3.05) is 0 Å². The molecular weight excluding hydrogens is 216 g/mol. The van der Waals surface area contributed by atoms with Crippen LogP contribution in [0.1, 0.15) is 35.1 Å². The maximum Gasteiger partial charge on any atom is -0.0273 e. The van der Waals surface area contributed by atoms with Gasteiger partial charge in [0, 0.05) is 0 Å². The molecular formula is C18H20. The summed E-state index contributed by atoms with van der Waals surface area (Å²) in [6.45, 7) is 0. The molecule has 0 aromatic heterocycles. The molecule has 0 atom stereocenters. The van der Waals surface area contributed by atoms with E-state index in [1.807, 2.05) is 0 Å². The molecule has 0 fully saturated rings. The first kappa shape index (κ1) is 11.5. The zero-order valence-corrected chi connectivity index (χ0v) is 10.9. The molecule has 2 aromatic carbocycles. The summed E-state index contributed by atoms with van der Waals surface area (Å²) in [5, 5.41) is 0. The standard InChI is InChI=1S/C18H20/c1-2-6-15(7-3-1)8-4-9-16-12-13-17-10-5-11-18(17)14-16/h1-3,6-7,12-14H,4-5,8-11H2. The molecule has 2 aromatic rings. The molecule has 0 unspecified atom stereocenters. The fourth-order valence-corrected chi connectivity index (χ4v) is 2.92. The third-order valence-corrected chi connectivity index (χ3v) is 3.94. The number of aryl methyl sites for hydroxylation is 4. The number of fused-ring (bicyclic) bond motifs is 1. The van der Waals surface area contributed by atoms with Crippen LogP contribution in [0.5, 0.6) is 0 Å². The average Bonchev–Trinajstić information content (AvgIpc) is 2.87. The van der Waals surface area contributed by atoms with Crippen LogP contribution in [-0.4, -0.2) is 0 Å². The Labute approximate surface area is 110 Å². The second-order valence-corrected chi connectivity index (χ2v) is 5.30. The second-order valence-electron chi connectivity index (χ2n) is 5.30. The van der Waals surface area contributed by atoms with E-state index in [1.165, 1.54) is 49.7 Å². The van der Waals surface area contributed by atoms with Gasteiger partial charge in [0.25, 0.3) is 0 Å². The van der Waals surface area contributed by atoms with Gasteiger partial charge in [-0.15, -0.1) is 0 Å². The molecule has 3 rings (SSSR count). The van der Waals surface area contributed by atoms with Crippen LogP contribution < -0.4 is 0 Å². The van der Waals surface area contributed by atoms with E-state index in [0.717, 1.165) is 0 Å². The van der Waals surface area contributed by atoms with Crippen LogP contribution in [0.2, 0.25) is 0 Å². The highest BCUT2D eigenvalue weighted by Crippen LogP contribution is 2.23.